The van der Waals surface area contributed by atoms with E-state index in [1.807, 2.05) is 24.3 Å². The number of anilines is 1. The summed E-state index contributed by atoms with van der Waals surface area (Å²) in [5.41, 5.74) is 5.10. The molecule has 2 aromatic carbocycles. The zero-order valence-electron chi connectivity index (χ0n) is 15.6. The van der Waals surface area contributed by atoms with Gasteiger partial charge in [-0.15, -0.1) is 0 Å². The molecule has 2 fully saturated rings. The molecule has 1 amide bonds. The monoisotopic (exact) mass is 375 g/mol. The first-order valence-corrected chi connectivity index (χ1v) is 9.90. The summed E-state index contributed by atoms with van der Waals surface area (Å²) < 4.78 is 15.1. The highest BCUT2D eigenvalue weighted by atomic mass is 19.1. The van der Waals surface area contributed by atoms with E-state index in [2.05, 4.69) is 16.1 Å². The molecule has 1 aromatic heterocycles. The minimum Gasteiger partial charge on any atom is -0.326 e. The van der Waals surface area contributed by atoms with Crippen LogP contribution in [0.2, 0.25) is 0 Å². The van der Waals surface area contributed by atoms with Crippen LogP contribution in [0.15, 0.2) is 54.6 Å². The van der Waals surface area contributed by atoms with E-state index < -0.39 is 0 Å². The average Bonchev–Trinajstić information content (AvgIpc) is 3.63. The van der Waals surface area contributed by atoms with Crippen LogP contribution in [0.3, 0.4) is 0 Å². The van der Waals surface area contributed by atoms with E-state index in [1.165, 1.54) is 49.2 Å². The van der Waals surface area contributed by atoms with E-state index >= 15 is 0 Å². The lowest BCUT2D eigenvalue weighted by Crippen LogP contribution is -2.14. The molecule has 0 bridgehead atoms. The molecule has 3 aromatic rings. The summed E-state index contributed by atoms with van der Waals surface area (Å²) in [7, 11) is 0. The lowest BCUT2D eigenvalue weighted by molar-refractivity contribution is -0.115. The van der Waals surface area contributed by atoms with E-state index in [-0.39, 0.29) is 18.1 Å². The van der Waals surface area contributed by atoms with Gasteiger partial charge < -0.3 is 5.32 Å². The van der Waals surface area contributed by atoms with E-state index in [0.717, 1.165) is 16.9 Å². The molecule has 28 heavy (non-hydrogen) atoms. The molecule has 5 rings (SSSR count). The number of hydrogen-bond donors (Lipinski definition) is 1. The summed E-state index contributed by atoms with van der Waals surface area (Å²) >= 11 is 0. The highest BCUT2D eigenvalue weighted by molar-refractivity contribution is 5.92. The number of halogens is 1. The van der Waals surface area contributed by atoms with Crippen LogP contribution in [-0.2, 0) is 11.2 Å². The SMILES string of the molecule is O=C(Cc1ccc(F)cc1)Nc1ccc(-n2nc(C3CC3)cc2C2CC2)cc1. The number of nitrogens with one attached hydrogen (secondary N) is 1. The van der Waals surface area contributed by atoms with Gasteiger partial charge in [-0.25, -0.2) is 9.07 Å². The van der Waals surface area contributed by atoms with Crippen LogP contribution in [-0.4, -0.2) is 15.7 Å². The number of aromatic nitrogens is 2. The average molecular weight is 375 g/mol. The maximum absolute atomic E-state index is 13.0. The van der Waals surface area contributed by atoms with Gasteiger partial charge in [0, 0.05) is 23.2 Å². The molecule has 0 radical (unpaired) electrons. The summed E-state index contributed by atoms with van der Waals surface area (Å²) in [4.78, 5) is 12.2. The van der Waals surface area contributed by atoms with Gasteiger partial charge in [0.2, 0.25) is 5.91 Å². The fourth-order valence-electron chi connectivity index (χ4n) is 3.55. The van der Waals surface area contributed by atoms with Gasteiger partial charge in [0.15, 0.2) is 0 Å². The Morgan fingerprint density at radius 2 is 1.68 bits per heavy atom. The molecule has 2 aliphatic carbocycles. The lowest BCUT2D eigenvalue weighted by Gasteiger charge is -2.09. The molecule has 4 nitrogen and oxygen atoms in total. The first-order chi connectivity index (χ1) is 13.7. The highest BCUT2D eigenvalue weighted by Crippen LogP contribution is 2.45. The van der Waals surface area contributed by atoms with Crippen molar-refractivity contribution in [3.8, 4) is 5.69 Å². The van der Waals surface area contributed by atoms with Crippen molar-refractivity contribution in [1.29, 1.82) is 0 Å². The first kappa shape index (κ1) is 17.2. The molecule has 0 spiro atoms. The molecule has 1 heterocycles. The molecule has 0 saturated heterocycles. The second-order valence-electron chi connectivity index (χ2n) is 7.85. The normalized spacial score (nSPS) is 16.2. The standard InChI is InChI=1S/C23H22FN3O/c24-18-7-1-15(2-8-18)13-23(28)25-19-9-11-20(12-10-19)27-22(17-5-6-17)14-21(26-27)16-3-4-16/h1-2,7-12,14,16-17H,3-6,13H2,(H,25,28). The molecule has 0 atom stereocenters. The Hall–Kier alpha value is -2.95. The van der Waals surface area contributed by atoms with Crippen LogP contribution in [0.1, 0.15) is 54.5 Å². The van der Waals surface area contributed by atoms with Crippen LogP contribution >= 0.6 is 0 Å². The van der Waals surface area contributed by atoms with Gasteiger partial charge in [-0.3, -0.25) is 4.79 Å². The van der Waals surface area contributed by atoms with Gasteiger partial charge in [-0.2, -0.15) is 5.10 Å². The third kappa shape index (κ3) is 3.70. The molecular formula is C23H22FN3O. The van der Waals surface area contributed by atoms with Crippen molar-refractivity contribution in [2.24, 2.45) is 0 Å². The molecule has 5 heteroatoms. The van der Waals surface area contributed by atoms with E-state index in [4.69, 9.17) is 5.10 Å². The Balaban J connectivity index is 1.29. The summed E-state index contributed by atoms with van der Waals surface area (Å²) in [5, 5.41) is 7.76. The number of nitrogens with zero attached hydrogens (tertiary/aromatic N) is 2. The quantitative estimate of drug-likeness (QED) is 0.663. The van der Waals surface area contributed by atoms with Crippen LogP contribution < -0.4 is 5.32 Å². The zero-order valence-corrected chi connectivity index (χ0v) is 15.6. The lowest BCUT2D eigenvalue weighted by atomic mass is 10.1. The van der Waals surface area contributed by atoms with Gasteiger partial charge in [0.25, 0.3) is 0 Å². The van der Waals surface area contributed by atoms with Crippen molar-refractivity contribution in [1.82, 2.24) is 9.78 Å². The van der Waals surface area contributed by atoms with Crippen molar-refractivity contribution in [3.05, 3.63) is 77.4 Å². The molecule has 2 saturated carbocycles. The predicted octanol–water partition coefficient (Wildman–Crippen LogP) is 4.95. The predicted molar refractivity (Wildman–Crippen MR) is 106 cm³/mol. The molecule has 1 N–H and O–H groups in total. The van der Waals surface area contributed by atoms with E-state index in [9.17, 15) is 9.18 Å². The number of hydrogen-bond acceptors (Lipinski definition) is 2. The minimum absolute atomic E-state index is 0.117. The van der Waals surface area contributed by atoms with Crippen LogP contribution in [0.25, 0.3) is 5.69 Å². The Kier molecular flexibility index (Phi) is 4.23. The maximum Gasteiger partial charge on any atom is 0.228 e. The highest BCUT2D eigenvalue weighted by Gasteiger charge is 2.32. The third-order valence-electron chi connectivity index (χ3n) is 5.42. The van der Waals surface area contributed by atoms with Gasteiger partial charge in [-0.1, -0.05) is 12.1 Å². The fraction of sp³-hybridized carbons (Fsp3) is 0.304. The molecule has 2 aliphatic rings. The number of amides is 1. The first-order valence-electron chi connectivity index (χ1n) is 9.90. The molecule has 142 valence electrons. The second-order valence-corrected chi connectivity index (χ2v) is 7.85. The number of carbonyl (C=O) groups excluding carboxylic acids is 1. The van der Waals surface area contributed by atoms with Crippen LogP contribution in [0.5, 0.6) is 0 Å². The Labute approximate surface area is 163 Å². The van der Waals surface area contributed by atoms with Crippen molar-refractivity contribution in [3.63, 3.8) is 0 Å². The Bertz CT molecular complexity index is 999. The minimum atomic E-state index is -0.297. The van der Waals surface area contributed by atoms with Crippen LogP contribution in [0, 0.1) is 5.82 Å². The third-order valence-corrected chi connectivity index (χ3v) is 5.42. The van der Waals surface area contributed by atoms with Gasteiger partial charge in [0.1, 0.15) is 5.82 Å². The Morgan fingerprint density at radius 3 is 2.32 bits per heavy atom. The van der Waals surface area contributed by atoms with Crippen molar-refractivity contribution >= 4 is 11.6 Å². The van der Waals surface area contributed by atoms with Gasteiger partial charge >= 0.3 is 0 Å². The zero-order chi connectivity index (χ0) is 19.1. The van der Waals surface area contributed by atoms with Crippen molar-refractivity contribution in [2.45, 2.75) is 43.9 Å². The topological polar surface area (TPSA) is 46.9 Å². The summed E-state index contributed by atoms with van der Waals surface area (Å²) in [5.74, 6) is 0.862. The van der Waals surface area contributed by atoms with Gasteiger partial charge in [-0.05, 0) is 73.7 Å². The fourth-order valence-corrected chi connectivity index (χ4v) is 3.55. The van der Waals surface area contributed by atoms with E-state index in [1.54, 1.807) is 12.1 Å². The van der Waals surface area contributed by atoms with Crippen LogP contribution in [0.4, 0.5) is 10.1 Å². The molecular weight excluding hydrogens is 353 g/mol. The van der Waals surface area contributed by atoms with Crippen molar-refractivity contribution < 1.29 is 9.18 Å². The molecule has 0 aliphatic heterocycles. The largest absolute Gasteiger partial charge is 0.326 e. The summed E-state index contributed by atoms with van der Waals surface area (Å²) in [6, 6.07) is 16.1. The number of rotatable bonds is 6. The maximum atomic E-state index is 13.0. The summed E-state index contributed by atoms with van der Waals surface area (Å²) in [6.45, 7) is 0. The van der Waals surface area contributed by atoms with Crippen molar-refractivity contribution in [2.75, 3.05) is 5.32 Å². The van der Waals surface area contributed by atoms with Gasteiger partial charge in [0.05, 0.1) is 17.8 Å². The Morgan fingerprint density at radius 1 is 1.00 bits per heavy atom. The molecule has 0 unspecified atom stereocenters. The summed E-state index contributed by atoms with van der Waals surface area (Å²) in [6.07, 6.45) is 5.21. The second kappa shape index (κ2) is 6.89. The number of benzene rings is 2. The number of carbonyl (C=O) groups is 1. The smallest absolute Gasteiger partial charge is 0.228 e. The van der Waals surface area contributed by atoms with E-state index in [0.29, 0.717) is 11.8 Å².